The van der Waals surface area contributed by atoms with Gasteiger partial charge in [0.05, 0.1) is 0 Å². The first-order valence-corrected chi connectivity index (χ1v) is 8.40. The Kier molecular flexibility index (Phi) is 6.69. The molecule has 0 saturated heterocycles. The maximum absolute atomic E-state index is 3.84. The fourth-order valence-electron chi connectivity index (χ4n) is 2.35. The highest BCUT2D eigenvalue weighted by molar-refractivity contribution is 6.78. The van der Waals surface area contributed by atoms with E-state index < -0.39 is 8.24 Å². The lowest BCUT2D eigenvalue weighted by atomic mass is 10.4. The molecule has 0 aliphatic heterocycles. The molecule has 13 heavy (non-hydrogen) atoms. The molecule has 2 heteroatoms. The molecule has 0 bridgehead atoms. The smallest absolute Gasteiger partial charge is 0.128 e. The van der Waals surface area contributed by atoms with Gasteiger partial charge in [-0.15, -0.1) is 0 Å². The van der Waals surface area contributed by atoms with Gasteiger partial charge in [-0.05, 0) is 24.2 Å². The van der Waals surface area contributed by atoms with E-state index >= 15 is 0 Å². The Balaban J connectivity index is 4.42. The SMILES string of the molecule is CCC[Si](CC)(NCC)C(C)CC. The molecule has 0 spiro atoms. The third-order valence-electron chi connectivity index (χ3n) is 3.41. The molecule has 0 aromatic carbocycles. The van der Waals surface area contributed by atoms with Gasteiger partial charge < -0.3 is 4.98 Å². The minimum absolute atomic E-state index is 0.928. The van der Waals surface area contributed by atoms with E-state index in [4.69, 9.17) is 0 Å². The van der Waals surface area contributed by atoms with Gasteiger partial charge in [0.25, 0.3) is 0 Å². The van der Waals surface area contributed by atoms with Crippen LogP contribution in [-0.4, -0.2) is 14.8 Å². The molecular weight excluding hydrogens is 174 g/mol. The molecule has 1 N–H and O–H groups in total. The van der Waals surface area contributed by atoms with E-state index in [1.165, 1.54) is 24.9 Å². The van der Waals surface area contributed by atoms with Crippen LogP contribution in [0.3, 0.4) is 0 Å². The second-order valence-corrected chi connectivity index (χ2v) is 8.96. The van der Waals surface area contributed by atoms with E-state index in [1.54, 1.807) is 0 Å². The first-order chi connectivity index (χ1) is 6.16. The van der Waals surface area contributed by atoms with Gasteiger partial charge in [0.1, 0.15) is 8.24 Å². The summed E-state index contributed by atoms with van der Waals surface area (Å²) < 4.78 is 0. The van der Waals surface area contributed by atoms with Gasteiger partial charge in [0.2, 0.25) is 0 Å². The van der Waals surface area contributed by atoms with Crippen molar-refractivity contribution < 1.29 is 0 Å². The van der Waals surface area contributed by atoms with Crippen molar-refractivity contribution in [2.45, 2.75) is 65.1 Å². The molecule has 0 heterocycles. The van der Waals surface area contributed by atoms with Crippen molar-refractivity contribution in [3.8, 4) is 0 Å². The summed E-state index contributed by atoms with van der Waals surface area (Å²) >= 11 is 0. The van der Waals surface area contributed by atoms with Crippen LogP contribution >= 0.6 is 0 Å². The van der Waals surface area contributed by atoms with Crippen LogP contribution in [0.15, 0.2) is 0 Å². The maximum atomic E-state index is 3.84. The maximum Gasteiger partial charge on any atom is 0.128 e. The Bertz CT molecular complexity index is 119. The molecule has 0 saturated carbocycles. The fourth-order valence-corrected chi connectivity index (χ4v) is 7.04. The summed E-state index contributed by atoms with van der Waals surface area (Å²) in [5, 5.41) is 0. The van der Waals surface area contributed by atoms with Crippen LogP contribution in [-0.2, 0) is 0 Å². The van der Waals surface area contributed by atoms with Crippen LogP contribution in [0, 0.1) is 0 Å². The molecule has 2 unspecified atom stereocenters. The molecule has 1 nitrogen and oxygen atoms in total. The summed E-state index contributed by atoms with van der Waals surface area (Å²) in [6, 6.07) is 2.84. The van der Waals surface area contributed by atoms with E-state index in [1.807, 2.05) is 0 Å². The van der Waals surface area contributed by atoms with Gasteiger partial charge in [0, 0.05) is 0 Å². The normalized spacial score (nSPS) is 18.2. The molecule has 0 fully saturated rings. The molecule has 2 atom stereocenters. The highest BCUT2D eigenvalue weighted by Crippen LogP contribution is 2.30. The summed E-state index contributed by atoms with van der Waals surface area (Å²) in [6.45, 7) is 12.9. The molecule has 0 aromatic heterocycles. The standard InChI is InChI=1S/C11H27NSi/c1-6-10-13(9-4,12-8-3)11(5)7-2/h11-12H,6-10H2,1-5H3. The van der Waals surface area contributed by atoms with Crippen molar-refractivity contribution >= 4 is 8.24 Å². The number of hydrogen-bond acceptors (Lipinski definition) is 1. The molecule has 0 amide bonds. The van der Waals surface area contributed by atoms with E-state index in [0.717, 1.165) is 12.1 Å². The lowest BCUT2D eigenvalue weighted by Crippen LogP contribution is -2.52. The van der Waals surface area contributed by atoms with Gasteiger partial charge in [0.15, 0.2) is 0 Å². The van der Waals surface area contributed by atoms with Gasteiger partial charge >= 0.3 is 0 Å². The van der Waals surface area contributed by atoms with Gasteiger partial charge in [-0.2, -0.15) is 0 Å². The monoisotopic (exact) mass is 201 g/mol. The minimum Gasteiger partial charge on any atom is -0.337 e. The number of nitrogens with one attached hydrogen (secondary N) is 1. The van der Waals surface area contributed by atoms with Crippen LogP contribution in [0.5, 0.6) is 0 Å². The molecule has 0 aromatic rings. The predicted molar refractivity (Wildman–Crippen MR) is 64.7 cm³/mol. The largest absolute Gasteiger partial charge is 0.337 e. The van der Waals surface area contributed by atoms with Crippen LogP contribution in [0.2, 0.25) is 17.6 Å². The summed E-state index contributed by atoms with van der Waals surface area (Å²) in [5.74, 6) is 0. The van der Waals surface area contributed by atoms with Crippen molar-refractivity contribution in [3.05, 3.63) is 0 Å². The second kappa shape index (κ2) is 6.60. The topological polar surface area (TPSA) is 12.0 Å². The third kappa shape index (κ3) is 3.43. The van der Waals surface area contributed by atoms with E-state index in [0.29, 0.717) is 0 Å². The van der Waals surface area contributed by atoms with Crippen LogP contribution in [0.25, 0.3) is 0 Å². The predicted octanol–water partition coefficient (Wildman–Crippen LogP) is 3.77. The second-order valence-electron chi connectivity index (χ2n) is 4.10. The molecule has 0 rings (SSSR count). The van der Waals surface area contributed by atoms with Crippen molar-refractivity contribution in [3.63, 3.8) is 0 Å². The molecule has 0 aliphatic rings. The summed E-state index contributed by atoms with van der Waals surface area (Å²) in [7, 11) is -1.12. The fraction of sp³-hybridized carbons (Fsp3) is 1.00. The lowest BCUT2D eigenvalue weighted by Gasteiger charge is -2.36. The zero-order valence-corrected chi connectivity index (χ0v) is 11.1. The zero-order valence-electron chi connectivity index (χ0n) is 10.1. The lowest BCUT2D eigenvalue weighted by molar-refractivity contribution is 0.757. The first kappa shape index (κ1) is 13.2. The summed E-state index contributed by atoms with van der Waals surface area (Å²) in [6.07, 6.45) is 2.68. The third-order valence-corrected chi connectivity index (χ3v) is 9.42. The quantitative estimate of drug-likeness (QED) is 0.618. The molecular formula is C11H27NSi. The van der Waals surface area contributed by atoms with Crippen LogP contribution < -0.4 is 4.98 Å². The van der Waals surface area contributed by atoms with Gasteiger partial charge in [-0.3, -0.25) is 0 Å². The minimum atomic E-state index is -1.12. The van der Waals surface area contributed by atoms with E-state index in [2.05, 4.69) is 39.6 Å². The summed E-state index contributed by atoms with van der Waals surface area (Å²) in [4.78, 5) is 3.84. The highest BCUT2D eigenvalue weighted by Gasteiger charge is 2.34. The molecule has 0 aliphatic carbocycles. The number of rotatable bonds is 7. The van der Waals surface area contributed by atoms with Gasteiger partial charge in [-0.1, -0.05) is 47.5 Å². The van der Waals surface area contributed by atoms with Crippen LogP contribution in [0.1, 0.15) is 47.5 Å². The van der Waals surface area contributed by atoms with Crippen molar-refractivity contribution in [2.24, 2.45) is 0 Å². The molecule has 0 radical (unpaired) electrons. The molecule has 80 valence electrons. The Morgan fingerprint density at radius 3 is 2.08 bits per heavy atom. The Labute approximate surface area is 85.4 Å². The van der Waals surface area contributed by atoms with E-state index in [-0.39, 0.29) is 0 Å². The summed E-state index contributed by atoms with van der Waals surface area (Å²) in [5.41, 5.74) is 0.928. The van der Waals surface area contributed by atoms with Crippen molar-refractivity contribution in [2.75, 3.05) is 6.54 Å². The Morgan fingerprint density at radius 2 is 1.77 bits per heavy atom. The first-order valence-electron chi connectivity index (χ1n) is 5.91. The Hall–Kier alpha value is 0.177. The highest BCUT2D eigenvalue weighted by atomic mass is 28.3. The van der Waals surface area contributed by atoms with Crippen LogP contribution in [0.4, 0.5) is 0 Å². The Morgan fingerprint density at radius 1 is 1.15 bits per heavy atom. The number of hydrogen-bond donors (Lipinski definition) is 1. The van der Waals surface area contributed by atoms with Gasteiger partial charge in [-0.25, -0.2) is 0 Å². The van der Waals surface area contributed by atoms with E-state index in [9.17, 15) is 0 Å². The van der Waals surface area contributed by atoms with Crippen molar-refractivity contribution in [1.29, 1.82) is 0 Å². The average molecular weight is 201 g/mol. The van der Waals surface area contributed by atoms with Crippen molar-refractivity contribution in [1.82, 2.24) is 4.98 Å². The average Bonchev–Trinajstić information content (AvgIpc) is 2.16. The zero-order chi connectivity index (χ0) is 10.3.